The molecule has 0 saturated carbocycles. The molecule has 64 valence electrons. The Morgan fingerprint density at radius 3 is 2.36 bits per heavy atom. The van der Waals surface area contributed by atoms with Crippen molar-refractivity contribution in [3.63, 3.8) is 0 Å². The van der Waals surface area contributed by atoms with E-state index in [9.17, 15) is 9.59 Å². The van der Waals surface area contributed by atoms with Crippen LogP contribution in [0.15, 0.2) is 0 Å². The third-order valence-electron chi connectivity index (χ3n) is 1.37. The molecule has 0 aliphatic rings. The maximum Gasteiger partial charge on any atom is 0.328 e. The van der Waals surface area contributed by atoms with Crippen molar-refractivity contribution in [2.45, 2.75) is 19.9 Å². The second-order valence-electron chi connectivity index (χ2n) is 2.53. The molecule has 4 nitrogen and oxygen atoms in total. The molecule has 0 aromatic heterocycles. The Labute approximate surface area is 65.9 Å². The molecular weight excluding hydrogens is 146 g/mol. The summed E-state index contributed by atoms with van der Waals surface area (Å²) < 4.78 is 4.47. The smallest absolute Gasteiger partial charge is 0.328 e. The summed E-state index contributed by atoms with van der Waals surface area (Å²) in [6.45, 7) is 3.66. The summed E-state index contributed by atoms with van der Waals surface area (Å²) in [6.07, 6.45) is 0.502. The van der Waals surface area contributed by atoms with Gasteiger partial charge in [-0.25, -0.2) is 4.79 Å². The molecule has 0 aromatic carbocycles. The van der Waals surface area contributed by atoms with E-state index in [4.69, 9.17) is 0 Å². The van der Waals surface area contributed by atoms with Crippen molar-refractivity contribution in [3.8, 4) is 0 Å². The molecule has 0 spiro atoms. The fraction of sp³-hybridized carbons (Fsp3) is 0.714. The predicted molar refractivity (Wildman–Crippen MR) is 39.8 cm³/mol. The molecule has 1 unspecified atom stereocenters. The highest BCUT2D eigenvalue weighted by molar-refractivity contribution is 5.78. The Balaban J connectivity index is 4.08. The van der Waals surface area contributed by atoms with Gasteiger partial charge >= 0.3 is 5.97 Å². The van der Waals surface area contributed by atoms with Crippen LogP contribution in [0.25, 0.3) is 0 Å². The molecule has 0 rings (SSSR count). The van der Waals surface area contributed by atoms with Gasteiger partial charge in [0.1, 0.15) is 6.04 Å². The summed E-state index contributed by atoms with van der Waals surface area (Å²) in [6, 6.07) is -0.530. The van der Waals surface area contributed by atoms with Crippen molar-refractivity contribution in [1.29, 1.82) is 0 Å². The van der Waals surface area contributed by atoms with E-state index >= 15 is 0 Å². The number of esters is 1. The first-order valence-corrected chi connectivity index (χ1v) is 3.41. The molecule has 1 N–H and O–H groups in total. The van der Waals surface area contributed by atoms with Crippen LogP contribution in [0.1, 0.15) is 13.8 Å². The molecule has 0 radical (unpaired) electrons. The largest absolute Gasteiger partial charge is 0.467 e. The lowest BCUT2D eigenvalue weighted by Gasteiger charge is -2.16. The third-order valence-corrected chi connectivity index (χ3v) is 1.37. The van der Waals surface area contributed by atoms with Gasteiger partial charge in [0, 0.05) is 0 Å². The van der Waals surface area contributed by atoms with Crippen LogP contribution in [0.2, 0.25) is 0 Å². The highest BCUT2D eigenvalue weighted by Gasteiger charge is 2.21. The Bertz CT molecular complexity index is 145. The first-order valence-electron chi connectivity index (χ1n) is 3.41. The number of carbonyl (C=O) groups excluding carboxylic acids is 2. The molecule has 0 heterocycles. The minimum Gasteiger partial charge on any atom is -0.467 e. The van der Waals surface area contributed by atoms with E-state index in [0.29, 0.717) is 6.41 Å². The van der Waals surface area contributed by atoms with Gasteiger partial charge in [-0.1, -0.05) is 13.8 Å². The molecule has 0 fully saturated rings. The molecule has 0 aliphatic heterocycles. The zero-order valence-corrected chi connectivity index (χ0v) is 6.96. The van der Waals surface area contributed by atoms with Gasteiger partial charge in [-0.3, -0.25) is 4.79 Å². The number of methoxy groups -OCH3 is 1. The second-order valence-corrected chi connectivity index (χ2v) is 2.53. The zero-order valence-electron chi connectivity index (χ0n) is 6.96. The van der Waals surface area contributed by atoms with E-state index in [1.54, 1.807) is 0 Å². The zero-order chi connectivity index (χ0) is 8.85. The van der Waals surface area contributed by atoms with Crippen LogP contribution in [0.4, 0.5) is 0 Å². The molecule has 1 atom stereocenters. The van der Waals surface area contributed by atoms with Crippen LogP contribution in [-0.4, -0.2) is 25.5 Å². The Morgan fingerprint density at radius 2 is 2.09 bits per heavy atom. The Hall–Kier alpha value is -1.06. The number of nitrogens with one attached hydrogen (secondary N) is 1. The average Bonchev–Trinajstić information content (AvgIpc) is 1.98. The average molecular weight is 159 g/mol. The van der Waals surface area contributed by atoms with Crippen LogP contribution in [-0.2, 0) is 14.3 Å². The maximum atomic E-state index is 10.9. The minimum absolute atomic E-state index is 0.0487. The fourth-order valence-corrected chi connectivity index (χ4v) is 0.733. The first-order chi connectivity index (χ1) is 5.13. The summed E-state index contributed by atoms with van der Waals surface area (Å²) in [5.74, 6) is -0.361. The molecule has 1 amide bonds. The first kappa shape index (κ1) is 9.94. The van der Waals surface area contributed by atoms with E-state index in [1.807, 2.05) is 13.8 Å². The number of carbonyl (C=O) groups is 2. The van der Waals surface area contributed by atoms with Gasteiger partial charge < -0.3 is 10.1 Å². The monoisotopic (exact) mass is 159 g/mol. The minimum atomic E-state index is -0.530. The summed E-state index contributed by atoms with van der Waals surface area (Å²) in [5.41, 5.74) is 0. The van der Waals surface area contributed by atoms with Crippen molar-refractivity contribution in [3.05, 3.63) is 0 Å². The molecule has 0 saturated heterocycles. The topological polar surface area (TPSA) is 55.4 Å². The number of hydrogen-bond donors (Lipinski definition) is 1. The van der Waals surface area contributed by atoms with Crippen LogP contribution in [0.3, 0.4) is 0 Å². The molecule has 0 aliphatic carbocycles. The lowest BCUT2D eigenvalue weighted by molar-refractivity contribution is -0.145. The molecule has 4 heteroatoms. The van der Waals surface area contributed by atoms with Gasteiger partial charge in [-0.05, 0) is 5.92 Å². The number of hydrogen-bond acceptors (Lipinski definition) is 3. The quantitative estimate of drug-likeness (QED) is 0.461. The fourth-order valence-electron chi connectivity index (χ4n) is 0.733. The molecule has 0 bridgehead atoms. The third kappa shape index (κ3) is 3.02. The predicted octanol–water partition coefficient (Wildman–Crippen LogP) is -0.0700. The van der Waals surface area contributed by atoms with Gasteiger partial charge in [-0.15, -0.1) is 0 Å². The van der Waals surface area contributed by atoms with Crippen LogP contribution >= 0.6 is 0 Å². The normalized spacial score (nSPS) is 12.4. The second kappa shape index (κ2) is 4.71. The van der Waals surface area contributed by atoms with Crippen LogP contribution < -0.4 is 5.32 Å². The molecule has 0 aromatic rings. The summed E-state index contributed by atoms with van der Waals surface area (Å²) in [5, 5.41) is 2.38. The van der Waals surface area contributed by atoms with Gasteiger partial charge in [-0.2, -0.15) is 0 Å². The van der Waals surface area contributed by atoms with E-state index in [-0.39, 0.29) is 5.92 Å². The van der Waals surface area contributed by atoms with E-state index < -0.39 is 12.0 Å². The van der Waals surface area contributed by atoms with Crippen molar-refractivity contribution < 1.29 is 14.3 Å². The lowest BCUT2D eigenvalue weighted by Crippen LogP contribution is -2.40. The van der Waals surface area contributed by atoms with E-state index in [2.05, 4.69) is 10.1 Å². The van der Waals surface area contributed by atoms with Crippen molar-refractivity contribution in [2.75, 3.05) is 7.11 Å². The van der Waals surface area contributed by atoms with Crippen molar-refractivity contribution in [1.82, 2.24) is 5.32 Å². The van der Waals surface area contributed by atoms with Gasteiger partial charge in [0.2, 0.25) is 6.41 Å². The Morgan fingerprint density at radius 1 is 1.55 bits per heavy atom. The highest BCUT2D eigenvalue weighted by atomic mass is 16.5. The lowest BCUT2D eigenvalue weighted by atomic mass is 10.1. The molecule has 11 heavy (non-hydrogen) atoms. The van der Waals surface area contributed by atoms with Gasteiger partial charge in [0.25, 0.3) is 0 Å². The van der Waals surface area contributed by atoms with Gasteiger partial charge in [0.15, 0.2) is 0 Å². The van der Waals surface area contributed by atoms with E-state index in [1.165, 1.54) is 7.11 Å². The number of ether oxygens (including phenoxy) is 1. The van der Waals surface area contributed by atoms with Crippen molar-refractivity contribution in [2.24, 2.45) is 5.92 Å². The number of amides is 1. The maximum absolute atomic E-state index is 10.9. The summed E-state index contributed by atoms with van der Waals surface area (Å²) in [7, 11) is 1.30. The summed E-state index contributed by atoms with van der Waals surface area (Å²) in [4.78, 5) is 20.9. The Kier molecular flexibility index (Phi) is 4.26. The molecular formula is C7H13NO3. The van der Waals surface area contributed by atoms with Crippen LogP contribution in [0, 0.1) is 5.92 Å². The highest BCUT2D eigenvalue weighted by Crippen LogP contribution is 2.01. The van der Waals surface area contributed by atoms with E-state index in [0.717, 1.165) is 0 Å². The van der Waals surface area contributed by atoms with Gasteiger partial charge in [0.05, 0.1) is 7.11 Å². The number of rotatable bonds is 4. The SMILES string of the molecule is COC(=O)C(NC=O)C(C)C. The van der Waals surface area contributed by atoms with Crippen molar-refractivity contribution >= 4 is 12.4 Å². The standard InChI is InChI=1S/C7H13NO3/c1-5(2)6(8-4-9)7(10)11-3/h4-6H,1-3H3,(H,8,9). The summed E-state index contributed by atoms with van der Waals surface area (Å²) >= 11 is 0. The van der Waals surface area contributed by atoms with Crippen LogP contribution in [0.5, 0.6) is 0 Å².